The zero-order chi connectivity index (χ0) is 5.59. The van der Waals surface area contributed by atoms with Crippen LogP contribution in [0, 0.1) is 29.6 Å². The molecule has 0 aliphatic heterocycles. The van der Waals surface area contributed by atoms with E-state index in [1.54, 1.807) is 12.8 Å². The molecule has 9 heavy (non-hydrogen) atoms. The first-order valence-electron chi connectivity index (χ1n) is 4.17. The summed E-state index contributed by atoms with van der Waals surface area (Å²) in [7, 11) is 0. The van der Waals surface area contributed by atoms with Crippen molar-refractivity contribution in [3.05, 3.63) is 11.6 Å². The highest BCUT2D eigenvalue weighted by atomic mass is 14.7. The van der Waals surface area contributed by atoms with Crippen LogP contribution in [0.2, 0.25) is 0 Å². The summed E-state index contributed by atoms with van der Waals surface area (Å²) in [6.45, 7) is 0. The molecule has 0 aromatic heterocycles. The Bertz CT molecular complexity index is 226. The van der Waals surface area contributed by atoms with E-state index in [2.05, 4.69) is 6.08 Å². The Morgan fingerprint density at radius 2 is 2.22 bits per heavy atom. The fraction of sp³-hybridized carbons (Fsp3) is 0.778. The number of hydrogen-bond acceptors (Lipinski definition) is 0. The van der Waals surface area contributed by atoms with Gasteiger partial charge in [0.2, 0.25) is 0 Å². The molecule has 0 aromatic rings. The van der Waals surface area contributed by atoms with E-state index in [1.165, 1.54) is 11.8 Å². The van der Waals surface area contributed by atoms with Crippen molar-refractivity contribution in [3.63, 3.8) is 0 Å². The molecule has 4 rings (SSSR count). The summed E-state index contributed by atoms with van der Waals surface area (Å²) in [6, 6.07) is 0. The molecule has 0 amide bonds. The summed E-state index contributed by atoms with van der Waals surface area (Å²) < 4.78 is 0. The molecule has 4 unspecified atom stereocenters. The Morgan fingerprint density at radius 1 is 1.22 bits per heavy atom. The quantitative estimate of drug-likeness (QED) is 0.426. The minimum atomic E-state index is 1.08. The Morgan fingerprint density at radius 3 is 3.11 bits per heavy atom. The van der Waals surface area contributed by atoms with E-state index in [0.29, 0.717) is 0 Å². The zero-order valence-corrected chi connectivity index (χ0v) is 5.38. The standard InChI is InChI=1S/C9H10/c1-4-2-7-6-3-8(6)9(7)5(1)4/h2,4-6,8-9H,1,3H2/t4?,5?,6-,8?,9?/m1/s1. The van der Waals surface area contributed by atoms with E-state index in [9.17, 15) is 0 Å². The van der Waals surface area contributed by atoms with Crippen molar-refractivity contribution in [3.8, 4) is 0 Å². The van der Waals surface area contributed by atoms with Gasteiger partial charge in [-0.15, -0.1) is 0 Å². The minimum absolute atomic E-state index is 1.08. The Kier molecular flexibility index (Phi) is 0.345. The highest BCUT2D eigenvalue weighted by Crippen LogP contribution is 2.75. The number of fused-ring (bicyclic) bond motifs is 6. The molecule has 0 nitrogen and oxygen atoms in total. The summed E-state index contributed by atoms with van der Waals surface area (Å²) in [4.78, 5) is 0. The van der Waals surface area contributed by atoms with Gasteiger partial charge in [0.1, 0.15) is 0 Å². The lowest BCUT2D eigenvalue weighted by Gasteiger charge is -2.25. The molecule has 0 aromatic carbocycles. The van der Waals surface area contributed by atoms with E-state index in [1.807, 2.05) is 5.57 Å². The highest BCUT2D eigenvalue weighted by molar-refractivity contribution is 5.42. The van der Waals surface area contributed by atoms with Crippen LogP contribution in [0.15, 0.2) is 11.6 Å². The topological polar surface area (TPSA) is 0 Å². The van der Waals surface area contributed by atoms with Gasteiger partial charge in [0.25, 0.3) is 0 Å². The first kappa shape index (κ1) is 3.80. The normalized spacial score (nSPS) is 71.1. The number of hydrogen-bond donors (Lipinski definition) is 0. The molecule has 0 heteroatoms. The van der Waals surface area contributed by atoms with E-state index >= 15 is 0 Å². The molecule has 0 spiro atoms. The van der Waals surface area contributed by atoms with Crippen LogP contribution in [0.1, 0.15) is 12.8 Å². The molecule has 0 heterocycles. The van der Waals surface area contributed by atoms with Crippen LogP contribution in [-0.4, -0.2) is 0 Å². The average molecular weight is 118 g/mol. The van der Waals surface area contributed by atoms with Crippen molar-refractivity contribution in [2.75, 3.05) is 0 Å². The van der Waals surface area contributed by atoms with E-state index in [-0.39, 0.29) is 0 Å². The summed E-state index contributed by atoms with van der Waals surface area (Å²) in [6.07, 6.45) is 5.72. The Balaban J connectivity index is 1.94. The van der Waals surface area contributed by atoms with Gasteiger partial charge in [-0.05, 0) is 42.4 Å². The lowest BCUT2D eigenvalue weighted by Crippen LogP contribution is -2.19. The fourth-order valence-corrected chi connectivity index (χ4v) is 3.26. The van der Waals surface area contributed by atoms with Gasteiger partial charge in [0, 0.05) is 0 Å². The van der Waals surface area contributed by atoms with Crippen LogP contribution in [-0.2, 0) is 0 Å². The maximum absolute atomic E-state index is 2.60. The van der Waals surface area contributed by atoms with Crippen molar-refractivity contribution < 1.29 is 0 Å². The molecule has 46 valence electrons. The largest absolute Gasteiger partial charge is 0.0813 e. The summed E-state index contributed by atoms with van der Waals surface area (Å²) in [5.74, 6) is 5.72. The number of rotatable bonds is 0. The molecule has 0 saturated heterocycles. The lowest BCUT2D eigenvalue weighted by atomic mass is 9.79. The molecular formula is C9H10. The number of allylic oxidation sites excluding steroid dienone is 2. The maximum atomic E-state index is 2.60. The smallest absolute Gasteiger partial charge is 0.0132 e. The van der Waals surface area contributed by atoms with Crippen LogP contribution < -0.4 is 0 Å². The molecule has 0 N–H and O–H groups in total. The third kappa shape index (κ3) is 0.253. The van der Waals surface area contributed by atoms with Crippen LogP contribution in [0.25, 0.3) is 0 Å². The molecular weight excluding hydrogens is 108 g/mol. The van der Waals surface area contributed by atoms with Gasteiger partial charge in [-0.1, -0.05) is 11.6 Å². The maximum Gasteiger partial charge on any atom is -0.0132 e. The molecule has 4 aliphatic rings. The monoisotopic (exact) mass is 118 g/mol. The van der Waals surface area contributed by atoms with Crippen molar-refractivity contribution in [1.29, 1.82) is 0 Å². The van der Waals surface area contributed by atoms with Crippen LogP contribution in [0.3, 0.4) is 0 Å². The van der Waals surface area contributed by atoms with Crippen LogP contribution in [0.4, 0.5) is 0 Å². The highest BCUT2D eigenvalue weighted by Gasteiger charge is 2.67. The molecule has 0 radical (unpaired) electrons. The van der Waals surface area contributed by atoms with Gasteiger partial charge in [0.05, 0.1) is 0 Å². The van der Waals surface area contributed by atoms with Crippen molar-refractivity contribution in [1.82, 2.24) is 0 Å². The third-order valence-corrected chi connectivity index (χ3v) is 3.87. The van der Waals surface area contributed by atoms with Gasteiger partial charge in [0.15, 0.2) is 0 Å². The Hall–Kier alpha value is -0.260. The predicted octanol–water partition coefficient (Wildman–Crippen LogP) is 1.83. The van der Waals surface area contributed by atoms with Crippen LogP contribution >= 0.6 is 0 Å². The third-order valence-electron chi connectivity index (χ3n) is 3.87. The first-order valence-corrected chi connectivity index (χ1v) is 4.17. The zero-order valence-electron chi connectivity index (χ0n) is 5.38. The molecule has 0 bridgehead atoms. The van der Waals surface area contributed by atoms with Gasteiger partial charge >= 0.3 is 0 Å². The summed E-state index contributed by atoms with van der Waals surface area (Å²) in [5, 5.41) is 0. The fourth-order valence-electron chi connectivity index (χ4n) is 3.26. The molecule has 3 fully saturated rings. The molecule has 3 saturated carbocycles. The van der Waals surface area contributed by atoms with Gasteiger partial charge in [-0.25, -0.2) is 0 Å². The van der Waals surface area contributed by atoms with Gasteiger partial charge < -0.3 is 0 Å². The second-order valence-corrected chi connectivity index (χ2v) is 4.26. The van der Waals surface area contributed by atoms with E-state index in [0.717, 1.165) is 17.8 Å². The summed E-state index contributed by atoms with van der Waals surface area (Å²) >= 11 is 0. The molecule has 4 aliphatic carbocycles. The second kappa shape index (κ2) is 0.817. The first-order chi connectivity index (χ1) is 4.45. The van der Waals surface area contributed by atoms with Gasteiger partial charge in [-0.2, -0.15) is 0 Å². The Labute approximate surface area is 54.9 Å². The van der Waals surface area contributed by atoms with E-state index < -0.39 is 0 Å². The van der Waals surface area contributed by atoms with Crippen LogP contribution in [0.5, 0.6) is 0 Å². The predicted molar refractivity (Wildman–Crippen MR) is 34.8 cm³/mol. The van der Waals surface area contributed by atoms with Crippen molar-refractivity contribution in [2.24, 2.45) is 29.6 Å². The van der Waals surface area contributed by atoms with Crippen molar-refractivity contribution >= 4 is 0 Å². The second-order valence-electron chi connectivity index (χ2n) is 4.26. The SMILES string of the molecule is C1=C2C(C3CC13)C1C[C@H]21. The lowest BCUT2D eigenvalue weighted by molar-refractivity contribution is 0.378. The van der Waals surface area contributed by atoms with Gasteiger partial charge in [-0.3, -0.25) is 0 Å². The van der Waals surface area contributed by atoms with E-state index in [4.69, 9.17) is 0 Å². The summed E-state index contributed by atoms with van der Waals surface area (Å²) in [5.41, 5.74) is 1.89. The van der Waals surface area contributed by atoms with Crippen molar-refractivity contribution in [2.45, 2.75) is 12.8 Å². The molecule has 5 atom stereocenters. The minimum Gasteiger partial charge on any atom is -0.0813 e. The average Bonchev–Trinajstić information content (AvgIpc) is 2.69.